The van der Waals surface area contributed by atoms with E-state index in [4.69, 9.17) is 23.2 Å². The molecule has 0 bridgehead atoms. The Morgan fingerprint density at radius 2 is 1.82 bits per heavy atom. The number of sulfonamides is 1. The summed E-state index contributed by atoms with van der Waals surface area (Å²) in [5, 5.41) is 0.896. The zero-order valence-corrected chi connectivity index (χ0v) is 12.3. The standard InChI is InChI=1S/C11H15Cl2NO2S/c1-8(2)14(17(3,15)16)7-9-4-5-10(12)11(13)6-9/h4-6,8H,7H2,1-3H3. The molecule has 0 amide bonds. The monoisotopic (exact) mass is 295 g/mol. The van der Waals surface area contributed by atoms with E-state index in [-0.39, 0.29) is 6.04 Å². The molecule has 0 aliphatic rings. The maximum Gasteiger partial charge on any atom is 0.211 e. The maximum absolute atomic E-state index is 11.6. The fourth-order valence-electron chi connectivity index (χ4n) is 1.50. The van der Waals surface area contributed by atoms with Crippen molar-refractivity contribution < 1.29 is 8.42 Å². The lowest BCUT2D eigenvalue weighted by Crippen LogP contribution is -2.35. The van der Waals surface area contributed by atoms with Gasteiger partial charge in [0.2, 0.25) is 10.0 Å². The zero-order chi connectivity index (χ0) is 13.2. The molecule has 0 atom stereocenters. The van der Waals surface area contributed by atoms with Crippen LogP contribution in [0.1, 0.15) is 19.4 Å². The highest BCUT2D eigenvalue weighted by molar-refractivity contribution is 7.88. The van der Waals surface area contributed by atoms with Crippen LogP contribution in [0.3, 0.4) is 0 Å². The first-order valence-corrected chi connectivity index (χ1v) is 7.73. The van der Waals surface area contributed by atoms with Gasteiger partial charge in [0.15, 0.2) is 0 Å². The Hall–Kier alpha value is -0.290. The van der Waals surface area contributed by atoms with E-state index in [9.17, 15) is 8.42 Å². The average Bonchev–Trinajstić information content (AvgIpc) is 2.17. The molecule has 1 rings (SSSR count). The van der Waals surface area contributed by atoms with E-state index < -0.39 is 10.0 Å². The molecule has 17 heavy (non-hydrogen) atoms. The van der Waals surface area contributed by atoms with Crippen molar-refractivity contribution in [3.05, 3.63) is 33.8 Å². The van der Waals surface area contributed by atoms with Crippen molar-refractivity contribution in [3.63, 3.8) is 0 Å². The third-order valence-corrected chi connectivity index (χ3v) is 4.47. The Balaban J connectivity index is 2.99. The fourth-order valence-corrected chi connectivity index (χ4v) is 2.97. The van der Waals surface area contributed by atoms with Crippen LogP contribution in [0, 0.1) is 0 Å². The van der Waals surface area contributed by atoms with Crippen LogP contribution in [0.5, 0.6) is 0 Å². The van der Waals surface area contributed by atoms with E-state index in [1.165, 1.54) is 10.6 Å². The smallest absolute Gasteiger partial charge is 0.211 e. The van der Waals surface area contributed by atoms with Gasteiger partial charge in [-0.25, -0.2) is 8.42 Å². The highest BCUT2D eigenvalue weighted by Crippen LogP contribution is 2.24. The Kier molecular flexibility index (Phi) is 4.84. The van der Waals surface area contributed by atoms with E-state index in [1.807, 2.05) is 13.8 Å². The van der Waals surface area contributed by atoms with Crippen LogP contribution in [-0.2, 0) is 16.6 Å². The molecule has 0 aliphatic carbocycles. The molecule has 0 saturated carbocycles. The summed E-state index contributed by atoms with van der Waals surface area (Å²) >= 11 is 11.7. The van der Waals surface area contributed by atoms with Gasteiger partial charge in [-0.05, 0) is 31.5 Å². The summed E-state index contributed by atoms with van der Waals surface area (Å²) < 4.78 is 24.6. The van der Waals surface area contributed by atoms with Gasteiger partial charge in [-0.15, -0.1) is 0 Å². The highest BCUT2D eigenvalue weighted by atomic mass is 35.5. The van der Waals surface area contributed by atoms with Crippen molar-refractivity contribution in [1.29, 1.82) is 0 Å². The Bertz CT molecular complexity index is 500. The number of benzene rings is 1. The number of hydrogen-bond acceptors (Lipinski definition) is 2. The summed E-state index contributed by atoms with van der Waals surface area (Å²) in [6.07, 6.45) is 1.20. The molecule has 0 aliphatic heterocycles. The number of nitrogens with zero attached hydrogens (tertiary/aromatic N) is 1. The van der Waals surface area contributed by atoms with Gasteiger partial charge in [-0.2, -0.15) is 4.31 Å². The molecular weight excluding hydrogens is 281 g/mol. The first kappa shape index (κ1) is 14.8. The van der Waals surface area contributed by atoms with Crippen molar-refractivity contribution in [2.24, 2.45) is 0 Å². The number of rotatable bonds is 4. The molecule has 0 radical (unpaired) electrons. The minimum atomic E-state index is -3.23. The van der Waals surface area contributed by atoms with Crippen LogP contribution in [0.2, 0.25) is 10.0 Å². The van der Waals surface area contributed by atoms with Gasteiger partial charge >= 0.3 is 0 Å². The molecule has 6 heteroatoms. The molecular formula is C11H15Cl2NO2S. The third kappa shape index (κ3) is 4.14. The second kappa shape index (κ2) is 5.57. The lowest BCUT2D eigenvalue weighted by atomic mass is 10.2. The maximum atomic E-state index is 11.6. The third-order valence-electron chi connectivity index (χ3n) is 2.32. The average molecular weight is 296 g/mol. The zero-order valence-electron chi connectivity index (χ0n) is 9.94. The number of halogens is 2. The van der Waals surface area contributed by atoms with Crippen molar-refractivity contribution >= 4 is 33.2 Å². The molecule has 1 aromatic rings. The molecule has 1 aromatic carbocycles. The van der Waals surface area contributed by atoms with E-state index >= 15 is 0 Å². The van der Waals surface area contributed by atoms with Gasteiger partial charge < -0.3 is 0 Å². The van der Waals surface area contributed by atoms with Gasteiger partial charge in [0, 0.05) is 12.6 Å². The molecule has 0 fully saturated rings. The van der Waals surface area contributed by atoms with Gasteiger partial charge in [-0.1, -0.05) is 29.3 Å². The molecule has 0 spiro atoms. The van der Waals surface area contributed by atoms with Crippen LogP contribution >= 0.6 is 23.2 Å². The van der Waals surface area contributed by atoms with Gasteiger partial charge in [0.1, 0.15) is 0 Å². The van der Waals surface area contributed by atoms with Crippen molar-refractivity contribution in [1.82, 2.24) is 4.31 Å². The van der Waals surface area contributed by atoms with Gasteiger partial charge in [-0.3, -0.25) is 0 Å². The normalized spacial score (nSPS) is 12.4. The van der Waals surface area contributed by atoms with Gasteiger partial charge in [0.25, 0.3) is 0 Å². The van der Waals surface area contributed by atoms with Crippen molar-refractivity contribution in [2.75, 3.05) is 6.26 Å². The van der Waals surface area contributed by atoms with Crippen LogP contribution in [0.4, 0.5) is 0 Å². The lowest BCUT2D eigenvalue weighted by Gasteiger charge is -2.24. The summed E-state index contributed by atoms with van der Waals surface area (Å²) in [5.74, 6) is 0. The second-order valence-electron chi connectivity index (χ2n) is 4.15. The predicted molar refractivity (Wildman–Crippen MR) is 72.0 cm³/mol. The quantitative estimate of drug-likeness (QED) is 0.856. The summed E-state index contributed by atoms with van der Waals surface area (Å²) in [6.45, 7) is 3.96. The number of hydrogen-bond donors (Lipinski definition) is 0. The fraction of sp³-hybridized carbons (Fsp3) is 0.455. The van der Waals surface area contributed by atoms with Crippen molar-refractivity contribution in [2.45, 2.75) is 26.4 Å². The van der Waals surface area contributed by atoms with Crippen molar-refractivity contribution in [3.8, 4) is 0 Å². The first-order valence-electron chi connectivity index (χ1n) is 5.12. The first-order chi connectivity index (χ1) is 7.71. The lowest BCUT2D eigenvalue weighted by molar-refractivity contribution is 0.351. The molecule has 96 valence electrons. The van der Waals surface area contributed by atoms with Crippen LogP contribution < -0.4 is 0 Å². The minimum Gasteiger partial charge on any atom is -0.212 e. The molecule has 0 heterocycles. The van der Waals surface area contributed by atoms with E-state index in [2.05, 4.69) is 0 Å². The second-order valence-corrected chi connectivity index (χ2v) is 6.90. The van der Waals surface area contributed by atoms with Gasteiger partial charge in [0.05, 0.1) is 16.3 Å². The Morgan fingerprint density at radius 3 is 2.24 bits per heavy atom. The van der Waals surface area contributed by atoms with Crippen LogP contribution in [0.25, 0.3) is 0 Å². The summed E-state index contributed by atoms with van der Waals surface area (Å²) in [7, 11) is -3.23. The van der Waals surface area contributed by atoms with Crippen LogP contribution in [-0.4, -0.2) is 25.0 Å². The van der Waals surface area contributed by atoms with E-state index in [0.717, 1.165) is 5.56 Å². The molecule has 0 N–H and O–H groups in total. The van der Waals surface area contributed by atoms with E-state index in [0.29, 0.717) is 16.6 Å². The SMILES string of the molecule is CC(C)N(Cc1ccc(Cl)c(Cl)c1)S(C)(=O)=O. The van der Waals surface area contributed by atoms with E-state index in [1.54, 1.807) is 18.2 Å². The summed E-state index contributed by atoms with van der Waals surface area (Å²) in [5.41, 5.74) is 0.818. The largest absolute Gasteiger partial charge is 0.212 e. The van der Waals surface area contributed by atoms with Crippen LogP contribution in [0.15, 0.2) is 18.2 Å². The Morgan fingerprint density at radius 1 is 1.24 bits per heavy atom. The molecule has 0 unspecified atom stereocenters. The minimum absolute atomic E-state index is 0.0977. The predicted octanol–water partition coefficient (Wildman–Crippen LogP) is 3.16. The molecule has 3 nitrogen and oxygen atoms in total. The highest BCUT2D eigenvalue weighted by Gasteiger charge is 2.20. The summed E-state index contributed by atoms with van der Waals surface area (Å²) in [4.78, 5) is 0. The molecule has 0 saturated heterocycles. The topological polar surface area (TPSA) is 37.4 Å². The summed E-state index contributed by atoms with van der Waals surface area (Å²) in [6, 6.07) is 5.03. The molecule has 0 aromatic heterocycles. The Labute approximate surface area is 112 Å².